The Morgan fingerprint density at radius 2 is 1.84 bits per heavy atom. The van der Waals surface area contributed by atoms with Gasteiger partial charge in [-0.2, -0.15) is 0 Å². The lowest BCUT2D eigenvalue weighted by atomic mass is 9.83. The van der Waals surface area contributed by atoms with Crippen LogP contribution < -0.4 is 10.6 Å². The molecule has 1 saturated heterocycles. The lowest BCUT2D eigenvalue weighted by Crippen LogP contribution is -2.57. The summed E-state index contributed by atoms with van der Waals surface area (Å²) < 4.78 is 1.98. The summed E-state index contributed by atoms with van der Waals surface area (Å²) >= 11 is 0. The van der Waals surface area contributed by atoms with Crippen LogP contribution in [0.2, 0.25) is 0 Å². The van der Waals surface area contributed by atoms with E-state index in [-0.39, 0.29) is 29.8 Å². The Labute approximate surface area is 192 Å². The van der Waals surface area contributed by atoms with Crippen molar-refractivity contribution in [1.82, 2.24) is 35.2 Å². The maximum absolute atomic E-state index is 13.8. The second-order valence-electron chi connectivity index (χ2n) is 9.32. The SMILES string of the molecule is CCN(CCn1cnnc1)CC1CCCN1C(=O)[C@@H](NC(=O)C(C)NC)C1CCCCC1. The number of likely N-dealkylation sites (N-methyl/N-ethyl adjacent to an activating group) is 2. The molecule has 3 rings (SSSR count). The molecule has 2 heterocycles. The predicted octanol–water partition coefficient (Wildman–Crippen LogP) is 1.26. The molecule has 2 unspecified atom stereocenters. The predicted molar refractivity (Wildman–Crippen MR) is 124 cm³/mol. The van der Waals surface area contributed by atoms with Gasteiger partial charge in [-0.3, -0.25) is 14.5 Å². The van der Waals surface area contributed by atoms with Crippen LogP contribution >= 0.6 is 0 Å². The molecule has 2 amide bonds. The molecule has 1 saturated carbocycles. The molecular weight excluding hydrogens is 406 g/mol. The van der Waals surface area contributed by atoms with Gasteiger partial charge in [-0.15, -0.1) is 10.2 Å². The van der Waals surface area contributed by atoms with Crippen LogP contribution in [0.25, 0.3) is 0 Å². The van der Waals surface area contributed by atoms with E-state index in [0.717, 1.165) is 71.2 Å². The van der Waals surface area contributed by atoms with Crippen LogP contribution in [0.15, 0.2) is 12.7 Å². The Kier molecular flexibility index (Phi) is 9.47. The van der Waals surface area contributed by atoms with Crippen molar-refractivity contribution in [3.63, 3.8) is 0 Å². The molecule has 1 aliphatic heterocycles. The van der Waals surface area contributed by atoms with E-state index in [9.17, 15) is 9.59 Å². The number of likely N-dealkylation sites (tertiary alicyclic amines) is 1. The zero-order valence-corrected chi connectivity index (χ0v) is 20.0. The smallest absolute Gasteiger partial charge is 0.245 e. The number of carbonyl (C=O) groups is 2. The largest absolute Gasteiger partial charge is 0.343 e. The second-order valence-corrected chi connectivity index (χ2v) is 9.32. The number of nitrogens with zero attached hydrogens (tertiary/aromatic N) is 5. The molecule has 1 aliphatic carbocycles. The lowest BCUT2D eigenvalue weighted by Gasteiger charge is -2.36. The zero-order chi connectivity index (χ0) is 22.9. The standard InChI is InChI=1S/C23H41N7O2/c1-4-28(13-14-29-16-25-26-17-29)15-20-11-8-12-30(20)23(32)21(19-9-6-5-7-10-19)27-22(31)18(2)24-3/h16-21,24H,4-15H2,1-3H3,(H,27,31)/t18?,20?,21-/m0/s1. The summed E-state index contributed by atoms with van der Waals surface area (Å²) in [4.78, 5) is 30.9. The molecule has 3 atom stereocenters. The maximum Gasteiger partial charge on any atom is 0.245 e. The number of nitrogens with one attached hydrogen (secondary N) is 2. The van der Waals surface area contributed by atoms with Gasteiger partial charge >= 0.3 is 0 Å². The molecule has 0 spiro atoms. The Hall–Kier alpha value is -2.00. The molecule has 1 aromatic rings. The van der Waals surface area contributed by atoms with Crippen LogP contribution in [0.3, 0.4) is 0 Å². The number of hydrogen-bond acceptors (Lipinski definition) is 6. The molecule has 2 N–H and O–H groups in total. The second kappa shape index (κ2) is 12.3. The van der Waals surface area contributed by atoms with Gasteiger partial charge in [0.25, 0.3) is 0 Å². The van der Waals surface area contributed by atoms with Crippen LogP contribution in [-0.4, -0.2) is 87.7 Å². The summed E-state index contributed by atoms with van der Waals surface area (Å²) in [5.41, 5.74) is 0. The summed E-state index contributed by atoms with van der Waals surface area (Å²) in [6.07, 6.45) is 11.1. The van der Waals surface area contributed by atoms with E-state index in [2.05, 4.69) is 37.6 Å². The monoisotopic (exact) mass is 447 g/mol. The van der Waals surface area contributed by atoms with Crippen molar-refractivity contribution in [2.24, 2.45) is 5.92 Å². The van der Waals surface area contributed by atoms with E-state index in [1.54, 1.807) is 19.7 Å². The molecule has 0 bridgehead atoms. The van der Waals surface area contributed by atoms with Crippen LogP contribution in [0.1, 0.15) is 58.8 Å². The topological polar surface area (TPSA) is 95.4 Å². The van der Waals surface area contributed by atoms with E-state index >= 15 is 0 Å². The van der Waals surface area contributed by atoms with E-state index in [4.69, 9.17) is 0 Å². The molecule has 2 fully saturated rings. The highest BCUT2D eigenvalue weighted by atomic mass is 16.2. The van der Waals surface area contributed by atoms with Gasteiger partial charge in [0.15, 0.2) is 0 Å². The fourth-order valence-electron chi connectivity index (χ4n) is 5.02. The highest BCUT2D eigenvalue weighted by molar-refractivity contribution is 5.90. The van der Waals surface area contributed by atoms with Gasteiger partial charge in [0.2, 0.25) is 11.8 Å². The Bertz CT molecular complexity index is 705. The number of rotatable bonds is 11. The fraction of sp³-hybridized carbons (Fsp3) is 0.826. The van der Waals surface area contributed by atoms with Gasteiger partial charge in [-0.25, -0.2) is 0 Å². The number of aromatic nitrogens is 3. The summed E-state index contributed by atoms with van der Waals surface area (Å²) in [5, 5.41) is 13.9. The van der Waals surface area contributed by atoms with Gasteiger partial charge in [0.1, 0.15) is 18.7 Å². The van der Waals surface area contributed by atoms with Crippen molar-refractivity contribution in [3.8, 4) is 0 Å². The van der Waals surface area contributed by atoms with Gasteiger partial charge in [-0.05, 0) is 52.1 Å². The van der Waals surface area contributed by atoms with Crippen LogP contribution in [0, 0.1) is 5.92 Å². The first-order chi connectivity index (χ1) is 15.5. The van der Waals surface area contributed by atoms with Crippen molar-refractivity contribution < 1.29 is 9.59 Å². The Balaban J connectivity index is 1.65. The van der Waals surface area contributed by atoms with Crippen LogP contribution in [0.5, 0.6) is 0 Å². The fourth-order valence-corrected chi connectivity index (χ4v) is 5.02. The minimum Gasteiger partial charge on any atom is -0.343 e. The van der Waals surface area contributed by atoms with Crippen molar-refractivity contribution in [2.45, 2.75) is 83.5 Å². The molecule has 0 radical (unpaired) electrons. The highest BCUT2D eigenvalue weighted by Crippen LogP contribution is 2.29. The van der Waals surface area contributed by atoms with E-state index in [1.165, 1.54) is 6.42 Å². The number of hydrogen-bond donors (Lipinski definition) is 2. The average molecular weight is 448 g/mol. The zero-order valence-electron chi connectivity index (χ0n) is 20.0. The molecule has 2 aliphatic rings. The van der Waals surface area contributed by atoms with E-state index in [1.807, 2.05) is 11.5 Å². The van der Waals surface area contributed by atoms with E-state index in [0.29, 0.717) is 0 Å². The van der Waals surface area contributed by atoms with Crippen molar-refractivity contribution in [1.29, 1.82) is 0 Å². The van der Waals surface area contributed by atoms with E-state index < -0.39 is 6.04 Å². The Morgan fingerprint density at radius 1 is 1.12 bits per heavy atom. The summed E-state index contributed by atoms with van der Waals surface area (Å²) in [5.74, 6) is 0.267. The van der Waals surface area contributed by atoms with Gasteiger partial charge in [0.05, 0.1) is 6.04 Å². The third-order valence-electron chi connectivity index (χ3n) is 7.23. The molecule has 1 aromatic heterocycles. The lowest BCUT2D eigenvalue weighted by molar-refractivity contribution is -0.139. The quantitative estimate of drug-likeness (QED) is 0.530. The third-order valence-corrected chi connectivity index (χ3v) is 7.23. The highest BCUT2D eigenvalue weighted by Gasteiger charge is 2.38. The molecule has 9 heteroatoms. The van der Waals surface area contributed by atoms with Crippen LogP contribution in [-0.2, 0) is 16.1 Å². The molecule has 0 aromatic carbocycles. The third kappa shape index (κ3) is 6.51. The van der Waals surface area contributed by atoms with Crippen molar-refractivity contribution >= 4 is 11.8 Å². The maximum atomic E-state index is 13.8. The average Bonchev–Trinajstić information content (AvgIpc) is 3.51. The minimum atomic E-state index is -0.411. The number of carbonyl (C=O) groups excluding carboxylic acids is 2. The number of amides is 2. The van der Waals surface area contributed by atoms with Crippen LogP contribution in [0.4, 0.5) is 0 Å². The first kappa shape index (κ1) is 24.6. The molecule has 9 nitrogen and oxygen atoms in total. The summed E-state index contributed by atoms with van der Waals surface area (Å²) in [7, 11) is 1.78. The summed E-state index contributed by atoms with van der Waals surface area (Å²) in [6, 6.07) is -0.518. The van der Waals surface area contributed by atoms with Gasteiger partial charge < -0.3 is 20.1 Å². The molecule has 180 valence electrons. The normalized spacial score (nSPS) is 21.6. The van der Waals surface area contributed by atoms with Crippen molar-refractivity contribution in [2.75, 3.05) is 33.2 Å². The minimum absolute atomic E-state index is 0.0868. The van der Waals surface area contributed by atoms with Crippen molar-refractivity contribution in [3.05, 3.63) is 12.7 Å². The first-order valence-corrected chi connectivity index (χ1v) is 12.4. The summed E-state index contributed by atoms with van der Waals surface area (Å²) in [6.45, 7) is 8.32. The van der Waals surface area contributed by atoms with Gasteiger partial charge in [0, 0.05) is 32.2 Å². The Morgan fingerprint density at radius 3 is 2.50 bits per heavy atom. The first-order valence-electron chi connectivity index (χ1n) is 12.4. The molecule has 32 heavy (non-hydrogen) atoms. The molecular formula is C23H41N7O2. The van der Waals surface area contributed by atoms with Gasteiger partial charge in [-0.1, -0.05) is 26.2 Å².